The van der Waals surface area contributed by atoms with Gasteiger partial charge >= 0.3 is 0 Å². The van der Waals surface area contributed by atoms with Crippen molar-refractivity contribution >= 4 is 22.8 Å². The van der Waals surface area contributed by atoms with Gasteiger partial charge in [-0.2, -0.15) is 5.21 Å². The van der Waals surface area contributed by atoms with Crippen molar-refractivity contribution in [1.29, 1.82) is 0 Å². The SMILES string of the molecule is c1cnc2ncnc(Sc3nn[nH]n3)c2c1. The molecule has 16 heavy (non-hydrogen) atoms. The number of aromatic amines is 1. The molecule has 3 aromatic rings. The number of H-pyrrole nitrogens is 1. The van der Waals surface area contributed by atoms with E-state index in [0.29, 0.717) is 10.8 Å². The first-order valence-electron chi connectivity index (χ1n) is 4.40. The molecule has 3 rings (SSSR count). The predicted octanol–water partition coefficient (Wildman–Crippen LogP) is 0.689. The Labute approximate surface area is 93.7 Å². The number of nitrogens with zero attached hydrogens (tertiary/aromatic N) is 6. The first kappa shape index (κ1) is 9.16. The highest BCUT2D eigenvalue weighted by Crippen LogP contribution is 2.26. The molecule has 1 N–H and O–H groups in total. The molecule has 0 aromatic carbocycles. The van der Waals surface area contributed by atoms with E-state index >= 15 is 0 Å². The van der Waals surface area contributed by atoms with Crippen molar-refractivity contribution in [1.82, 2.24) is 35.6 Å². The summed E-state index contributed by atoms with van der Waals surface area (Å²) >= 11 is 1.32. The molecular weight excluding hydrogens is 226 g/mol. The van der Waals surface area contributed by atoms with Crippen molar-refractivity contribution in [2.45, 2.75) is 10.2 Å². The van der Waals surface area contributed by atoms with Crippen LogP contribution in [0.3, 0.4) is 0 Å². The van der Waals surface area contributed by atoms with Gasteiger partial charge in [0.15, 0.2) is 5.65 Å². The lowest BCUT2D eigenvalue weighted by Crippen LogP contribution is -1.89. The van der Waals surface area contributed by atoms with Crippen LogP contribution in [0.1, 0.15) is 0 Å². The average Bonchev–Trinajstić information content (AvgIpc) is 2.82. The minimum Gasteiger partial charge on any atom is -0.237 e. The molecule has 0 unspecified atom stereocenters. The van der Waals surface area contributed by atoms with Gasteiger partial charge in [-0.3, -0.25) is 0 Å². The van der Waals surface area contributed by atoms with Crippen LogP contribution in [0.4, 0.5) is 0 Å². The molecule has 0 saturated carbocycles. The second-order valence-corrected chi connectivity index (χ2v) is 3.81. The van der Waals surface area contributed by atoms with Crippen molar-refractivity contribution in [3.05, 3.63) is 24.7 Å². The predicted molar refractivity (Wildman–Crippen MR) is 55.6 cm³/mol. The summed E-state index contributed by atoms with van der Waals surface area (Å²) in [6.07, 6.45) is 3.16. The largest absolute Gasteiger partial charge is 0.237 e. The van der Waals surface area contributed by atoms with Crippen LogP contribution in [0.15, 0.2) is 34.8 Å². The highest BCUT2D eigenvalue weighted by molar-refractivity contribution is 7.99. The summed E-state index contributed by atoms with van der Waals surface area (Å²) in [7, 11) is 0. The average molecular weight is 231 g/mol. The van der Waals surface area contributed by atoms with Gasteiger partial charge in [0, 0.05) is 6.20 Å². The van der Waals surface area contributed by atoms with Crippen LogP contribution in [-0.4, -0.2) is 35.6 Å². The molecule has 3 aromatic heterocycles. The maximum Gasteiger partial charge on any atom is 0.237 e. The quantitative estimate of drug-likeness (QED) is 0.648. The van der Waals surface area contributed by atoms with E-state index in [-0.39, 0.29) is 0 Å². The zero-order valence-corrected chi connectivity index (χ0v) is 8.72. The Hall–Kier alpha value is -2.09. The number of hydrogen-bond acceptors (Lipinski definition) is 7. The van der Waals surface area contributed by atoms with E-state index in [0.717, 1.165) is 10.4 Å². The molecule has 0 fully saturated rings. The summed E-state index contributed by atoms with van der Waals surface area (Å²) in [4.78, 5) is 12.4. The van der Waals surface area contributed by atoms with Crippen LogP contribution >= 0.6 is 11.8 Å². The van der Waals surface area contributed by atoms with Gasteiger partial charge in [0.05, 0.1) is 5.39 Å². The minimum atomic E-state index is 0.517. The van der Waals surface area contributed by atoms with E-state index in [1.165, 1.54) is 18.1 Å². The van der Waals surface area contributed by atoms with E-state index in [4.69, 9.17) is 0 Å². The summed E-state index contributed by atoms with van der Waals surface area (Å²) < 4.78 is 0. The molecule has 0 amide bonds. The fraction of sp³-hybridized carbons (Fsp3) is 0. The number of aromatic nitrogens is 7. The fourth-order valence-corrected chi connectivity index (χ4v) is 1.95. The summed E-state index contributed by atoms with van der Waals surface area (Å²) in [5.41, 5.74) is 0.656. The van der Waals surface area contributed by atoms with Crippen molar-refractivity contribution in [2.75, 3.05) is 0 Å². The monoisotopic (exact) mass is 231 g/mol. The van der Waals surface area contributed by atoms with Crippen LogP contribution in [-0.2, 0) is 0 Å². The van der Waals surface area contributed by atoms with Gasteiger partial charge in [-0.15, -0.1) is 10.2 Å². The van der Waals surface area contributed by atoms with Crippen LogP contribution < -0.4 is 0 Å². The normalized spacial score (nSPS) is 10.8. The van der Waals surface area contributed by atoms with Crippen molar-refractivity contribution in [2.24, 2.45) is 0 Å². The fourth-order valence-electron chi connectivity index (χ4n) is 1.24. The molecule has 0 aliphatic carbocycles. The molecule has 0 radical (unpaired) electrons. The molecule has 3 heterocycles. The van der Waals surface area contributed by atoms with Gasteiger partial charge in [0.2, 0.25) is 5.16 Å². The Morgan fingerprint density at radius 3 is 3.06 bits per heavy atom. The van der Waals surface area contributed by atoms with Crippen LogP contribution in [0.5, 0.6) is 0 Å². The lowest BCUT2D eigenvalue weighted by molar-refractivity contribution is 0.881. The molecule has 0 aliphatic heterocycles. The minimum absolute atomic E-state index is 0.517. The molecule has 0 atom stereocenters. The smallest absolute Gasteiger partial charge is 0.237 e. The lowest BCUT2D eigenvalue weighted by Gasteiger charge is -1.99. The zero-order chi connectivity index (χ0) is 10.8. The third-order valence-electron chi connectivity index (χ3n) is 1.89. The molecule has 78 valence electrons. The number of rotatable bonds is 2. The third-order valence-corrected chi connectivity index (χ3v) is 2.76. The molecule has 0 bridgehead atoms. The standard InChI is InChI=1S/C8H5N7S/c1-2-5-6(9-3-1)10-4-11-7(5)16-8-12-14-15-13-8/h1-4H,(H,12,13,14,15). The molecule has 0 spiro atoms. The van der Waals surface area contributed by atoms with Gasteiger partial charge in [0.25, 0.3) is 0 Å². The Morgan fingerprint density at radius 2 is 2.19 bits per heavy atom. The second-order valence-electron chi connectivity index (χ2n) is 2.85. The Morgan fingerprint density at radius 1 is 1.19 bits per heavy atom. The topological polar surface area (TPSA) is 93.1 Å². The lowest BCUT2D eigenvalue weighted by atomic mass is 10.3. The number of tetrazole rings is 1. The summed E-state index contributed by atoms with van der Waals surface area (Å²) in [6, 6.07) is 3.75. The highest BCUT2D eigenvalue weighted by atomic mass is 32.2. The Kier molecular flexibility index (Phi) is 2.18. The summed E-state index contributed by atoms with van der Waals surface area (Å²) in [5.74, 6) is 0. The van der Waals surface area contributed by atoms with Crippen LogP contribution in [0.25, 0.3) is 11.0 Å². The molecule has 0 saturated heterocycles. The number of fused-ring (bicyclic) bond motifs is 1. The first-order valence-corrected chi connectivity index (χ1v) is 5.22. The van der Waals surface area contributed by atoms with E-state index in [9.17, 15) is 0 Å². The van der Waals surface area contributed by atoms with Crippen molar-refractivity contribution in [3.8, 4) is 0 Å². The molecule has 0 aliphatic rings. The van der Waals surface area contributed by atoms with Crippen molar-refractivity contribution < 1.29 is 0 Å². The maximum absolute atomic E-state index is 4.17. The highest BCUT2D eigenvalue weighted by Gasteiger charge is 2.08. The maximum atomic E-state index is 4.17. The molecule has 8 heteroatoms. The molecule has 7 nitrogen and oxygen atoms in total. The van der Waals surface area contributed by atoms with E-state index in [2.05, 4.69) is 35.6 Å². The van der Waals surface area contributed by atoms with Gasteiger partial charge < -0.3 is 0 Å². The Balaban J connectivity index is 2.10. The van der Waals surface area contributed by atoms with E-state index in [1.807, 2.05) is 12.1 Å². The van der Waals surface area contributed by atoms with Gasteiger partial charge in [-0.25, -0.2) is 15.0 Å². The number of nitrogens with one attached hydrogen (secondary N) is 1. The van der Waals surface area contributed by atoms with E-state index < -0.39 is 0 Å². The van der Waals surface area contributed by atoms with Crippen LogP contribution in [0.2, 0.25) is 0 Å². The second kappa shape index (κ2) is 3.81. The van der Waals surface area contributed by atoms with E-state index in [1.54, 1.807) is 6.20 Å². The Bertz CT molecular complexity index is 603. The van der Waals surface area contributed by atoms with Gasteiger partial charge in [0.1, 0.15) is 11.4 Å². The summed E-state index contributed by atoms with van der Waals surface area (Å²) in [5, 5.41) is 15.7. The van der Waals surface area contributed by atoms with Crippen LogP contribution in [0, 0.1) is 0 Å². The number of pyridine rings is 1. The van der Waals surface area contributed by atoms with Gasteiger partial charge in [-0.05, 0) is 29.1 Å². The zero-order valence-electron chi connectivity index (χ0n) is 7.90. The third kappa shape index (κ3) is 1.58. The number of hydrogen-bond donors (Lipinski definition) is 1. The van der Waals surface area contributed by atoms with Gasteiger partial charge in [-0.1, -0.05) is 0 Å². The molecular formula is C8H5N7S. The summed E-state index contributed by atoms with van der Waals surface area (Å²) in [6.45, 7) is 0. The first-order chi connectivity index (χ1) is 7.93. The van der Waals surface area contributed by atoms with Crippen molar-refractivity contribution in [3.63, 3.8) is 0 Å².